The van der Waals surface area contributed by atoms with Crippen LogP contribution in [0.4, 0.5) is 5.69 Å². The van der Waals surface area contributed by atoms with E-state index in [1.165, 1.54) is 52.8 Å². The van der Waals surface area contributed by atoms with Gasteiger partial charge in [0.2, 0.25) is 0 Å². The molecule has 3 heteroatoms. The van der Waals surface area contributed by atoms with Gasteiger partial charge in [-0.2, -0.15) is 11.3 Å². The summed E-state index contributed by atoms with van der Waals surface area (Å²) in [4.78, 5) is 0. The number of nitrogens with one attached hydrogen (secondary N) is 1. The van der Waals surface area contributed by atoms with Gasteiger partial charge in [-0.1, -0.05) is 6.92 Å². The van der Waals surface area contributed by atoms with E-state index in [0.717, 1.165) is 18.8 Å². The minimum absolute atomic E-state index is 0.306. The summed E-state index contributed by atoms with van der Waals surface area (Å²) < 4.78 is 6.06. The second kappa shape index (κ2) is 6.04. The van der Waals surface area contributed by atoms with Gasteiger partial charge in [0.1, 0.15) is 5.75 Å². The molecule has 1 aromatic carbocycles. The van der Waals surface area contributed by atoms with Crippen molar-refractivity contribution < 1.29 is 4.74 Å². The fraction of sp³-hybridized carbons (Fsp3) is 0.400. The van der Waals surface area contributed by atoms with Crippen LogP contribution in [0.15, 0.2) is 22.9 Å². The van der Waals surface area contributed by atoms with E-state index in [0.29, 0.717) is 6.04 Å². The first kappa shape index (κ1) is 14.8. The van der Waals surface area contributed by atoms with E-state index < -0.39 is 0 Å². The molecule has 2 aliphatic rings. The maximum Gasteiger partial charge on any atom is 0.143 e. The van der Waals surface area contributed by atoms with E-state index in [-0.39, 0.29) is 0 Å². The monoisotopic (exact) mass is 325 g/mol. The molecule has 23 heavy (non-hydrogen) atoms. The van der Waals surface area contributed by atoms with Gasteiger partial charge in [-0.05, 0) is 83.8 Å². The topological polar surface area (TPSA) is 21.3 Å². The van der Waals surface area contributed by atoms with Crippen LogP contribution in [0.2, 0.25) is 0 Å². The summed E-state index contributed by atoms with van der Waals surface area (Å²) in [7, 11) is 0. The summed E-state index contributed by atoms with van der Waals surface area (Å²) in [5, 5.41) is 8.12. The van der Waals surface area contributed by atoms with Gasteiger partial charge in [0, 0.05) is 11.6 Å². The predicted molar refractivity (Wildman–Crippen MR) is 99.5 cm³/mol. The number of rotatable bonds is 4. The molecule has 1 unspecified atom stereocenters. The standard InChI is InChI=1S/C20H23NOS/c1-3-8-22-19-10-14-5-4-6-16(14)18-11-17(13(2)21-20(18)19)15-7-9-23-12-15/h7,9-13,21H,3-6,8H2,1-2H3. The highest BCUT2D eigenvalue weighted by molar-refractivity contribution is 7.08. The lowest BCUT2D eigenvalue weighted by Gasteiger charge is -2.29. The molecule has 0 spiro atoms. The second-order valence-electron chi connectivity index (χ2n) is 6.48. The van der Waals surface area contributed by atoms with E-state index in [4.69, 9.17) is 4.74 Å². The predicted octanol–water partition coefficient (Wildman–Crippen LogP) is 5.38. The van der Waals surface area contributed by atoms with Crippen molar-refractivity contribution in [1.29, 1.82) is 0 Å². The Morgan fingerprint density at radius 2 is 2.26 bits per heavy atom. The molecule has 0 fully saturated rings. The molecule has 2 nitrogen and oxygen atoms in total. The van der Waals surface area contributed by atoms with Gasteiger partial charge in [-0.3, -0.25) is 0 Å². The van der Waals surface area contributed by atoms with Crippen LogP contribution in [0.3, 0.4) is 0 Å². The van der Waals surface area contributed by atoms with Crippen LogP contribution in [0.1, 0.15) is 48.9 Å². The molecule has 2 heterocycles. The number of thiophene rings is 1. The molecule has 0 saturated carbocycles. The normalized spacial score (nSPS) is 18.9. The average molecular weight is 325 g/mol. The van der Waals surface area contributed by atoms with Crippen molar-refractivity contribution in [2.45, 2.75) is 45.6 Å². The highest BCUT2D eigenvalue weighted by Gasteiger charge is 2.27. The molecule has 2 aromatic rings. The van der Waals surface area contributed by atoms with Crippen molar-refractivity contribution in [3.05, 3.63) is 45.1 Å². The van der Waals surface area contributed by atoms with Crippen LogP contribution in [0, 0.1) is 0 Å². The first-order chi connectivity index (χ1) is 11.3. The largest absolute Gasteiger partial charge is 0.491 e. The molecule has 0 saturated heterocycles. The van der Waals surface area contributed by atoms with Crippen LogP contribution in [0.5, 0.6) is 5.75 Å². The third-order valence-corrected chi connectivity index (χ3v) is 5.53. The third-order valence-electron chi connectivity index (χ3n) is 4.85. The molecule has 1 aliphatic heterocycles. The van der Waals surface area contributed by atoms with Crippen molar-refractivity contribution >= 4 is 28.7 Å². The Labute approximate surface area is 142 Å². The summed E-state index contributed by atoms with van der Waals surface area (Å²) in [5.41, 5.74) is 8.30. The Hall–Kier alpha value is -1.74. The Bertz CT molecular complexity index is 745. The lowest BCUT2D eigenvalue weighted by molar-refractivity contribution is 0.318. The minimum atomic E-state index is 0.306. The van der Waals surface area contributed by atoms with Crippen LogP contribution < -0.4 is 10.1 Å². The quantitative estimate of drug-likeness (QED) is 0.815. The Kier molecular flexibility index (Phi) is 3.90. The number of benzene rings is 1. The zero-order valence-corrected chi connectivity index (χ0v) is 14.6. The molecule has 120 valence electrons. The minimum Gasteiger partial charge on any atom is -0.491 e. The number of aryl methyl sites for hydroxylation is 1. The Morgan fingerprint density at radius 1 is 1.35 bits per heavy atom. The zero-order valence-electron chi connectivity index (χ0n) is 13.8. The van der Waals surface area contributed by atoms with E-state index in [1.54, 1.807) is 11.3 Å². The Balaban J connectivity index is 1.85. The van der Waals surface area contributed by atoms with Gasteiger partial charge in [-0.25, -0.2) is 0 Å². The van der Waals surface area contributed by atoms with Crippen molar-refractivity contribution in [2.24, 2.45) is 0 Å². The van der Waals surface area contributed by atoms with E-state index in [1.807, 2.05) is 0 Å². The molecule has 4 rings (SSSR count). The summed E-state index contributed by atoms with van der Waals surface area (Å²) in [5.74, 6) is 1.04. The average Bonchev–Trinajstić information content (AvgIpc) is 3.23. The van der Waals surface area contributed by atoms with Gasteiger partial charge < -0.3 is 10.1 Å². The molecule has 1 aromatic heterocycles. The van der Waals surface area contributed by atoms with Crippen LogP contribution >= 0.6 is 11.3 Å². The molecule has 1 N–H and O–H groups in total. The maximum atomic E-state index is 6.06. The highest BCUT2D eigenvalue weighted by atomic mass is 32.1. The van der Waals surface area contributed by atoms with Crippen molar-refractivity contribution in [3.63, 3.8) is 0 Å². The summed E-state index contributed by atoms with van der Waals surface area (Å²) in [6.07, 6.45) is 7.08. The number of ether oxygens (including phenoxy) is 1. The SMILES string of the molecule is CCCOc1cc2c(c3c1NC(C)C(c1ccsc1)=C3)CCC2. The van der Waals surface area contributed by atoms with Crippen molar-refractivity contribution in [1.82, 2.24) is 0 Å². The van der Waals surface area contributed by atoms with Crippen molar-refractivity contribution in [2.75, 3.05) is 11.9 Å². The summed E-state index contributed by atoms with van der Waals surface area (Å²) in [6, 6.07) is 4.80. The number of hydrogen-bond acceptors (Lipinski definition) is 3. The van der Waals surface area contributed by atoms with Gasteiger partial charge in [0.05, 0.1) is 12.3 Å². The van der Waals surface area contributed by atoms with Crippen LogP contribution in [0.25, 0.3) is 11.6 Å². The van der Waals surface area contributed by atoms with E-state index in [2.05, 4.69) is 48.1 Å². The Morgan fingerprint density at radius 3 is 3.04 bits per heavy atom. The zero-order chi connectivity index (χ0) is 15.8. The first-order valence-electron chi connectivity index (χ1n) is 8.60. The van der Waals surface area contributed by atoms with Gasteiger partial charge >= 0.3 is 0 Å². The number of anilines is 1. The van der Waals surface area contributed by atoms with Crippen molar-refractivity contribution in [3.8, 4) is 5.75 Å². The van der Waals surface area contributed by atoms with Crippen LogP contribution in [-0.2, 0) is 12.8 Å². The molecule has 0 amide bonds. The van der Waals surface area contributed by atoms with Gasteiger partial charge in [0.25, 0.3) is 0 Å². The molecule has 1 aliphatic carbocycles. The lowest BCUT2D eigenvalue weighted by Crippen LogP contribution is -2.22. The first-order valence-corrected chi connectivity index (χ1v) is 9.54. The maximum absolute atomic E-state index is 6.06. The second-order valence-corrected chi connectivity index (χ2v) is 7.26. The van der Waals surface area contributed by atoms with Crippen LogP contribution in [-0.4, -0.2) is 12.6 Å². The van der Waals surface area contributed by atoms with E-state index >= 15 is 0 Å². The highest BCUT2D eigenvalue weighted by Crippen LogP contribution is 2.44. The smallest absolute Gasteiger partial charge is 0.143 e. The molecule has 1 atom stereocenters. The molecular formula is C20H23NOS. The fourth-order valence-electron chi connectivity index (χ4n) is 3.72. The molecule has 0 bridgehead atoms. The summed E-state index contributed by atoms with van der Waals surface area (Å²) in [6.45, 7) is 5.18. The third kappa shape index (κ3) is 2.57. The number of hydrogen-bond donors (Lipinski definition) is 1. The molecular weight excluding hydrogens is 302 g/mol. The van der Waals surface area contributed by atoms with E-state index in [9.17, 15) is 0 Å². The molecule has 0 radical (unpaired) electrons. The number of fused-ring (bicyclic) bond motifs is 3. The van der Waals surface area contributed by atoms with Gasteiger partial charge in [0.15, 0.2) is 0 Å². The van der Waals surface area contributed by atoms with Gasteiger partial charge in [-0.15, -0.1) is 0 Å². The lowest BCUT2D eigenvalue weighted by atomic mass is 9.90. The summed E-state index contributed by atoms with van der Waals surface area (Å²) >= 11 is 1.76. The fourth-order valence-corrected chi connectivity index (χ4v) is 4.38.